The number of piperidine rings is 1. The van der Waals surface area contributed by atoms with Gasteiger partial charge in [-0.1, -0.05) is 37.3 Å². The average molecular weight is 326 g/mol. The number of nitrogens with one attached hydrogen (secondary N) is 1. The molecule has 3 rings (SSSR count). The Balaban J connectivity index is 1.81. The molecule has 0 unspecified atom stereocenters. The van der Waals surface area contributed by atoms with Crippen LogP contribution in [0.2, 0.25) is 0 Å². The number of likely N-dealkylation sites (tertiary alicyclic amines) is 1. The maximum Gasteiger partial charge on any atom is 0.295 e. The molecule has 1 aromatic carbocycles. The molecule has 24 heavy (non-hydrogen) atoms. The summed E-state index contributed by atoms with van der Waals surface area (Å²) in [7, 11) is 0. The second kappa shape index (κ2) is 7.40. The van der Waals surface area contributed by atoms with Crippen LogP contribution in [-0.4, -0.2) is 40.5 Å². The van der Waals surface area contributed by atoms with E-state index in [1.807, 2.05) is 30.3 Å². The fraction of sp³-hybridized carbons (Fsp3) is 0.389. The quantitative estimate of drug-likeness (QED) is 0.672. The van der Waals surface area contributed by atoms with Crippen molar-refractivity contribution in [1.82, 2.24) is 9.88 Å². The smallest absolute Gasteiger partial charge is 0.295 e. The minimum absolute atomic E-state index is 0.0348. The molecule has 0 amide bonds. The molecule has 1 aliphatic heterocycles. The fourth-order valence-corrected chi connectivity index (χ4v) is 3.09. The third-order valence-electron chi connectivity index (χ3n) is 4.50. The fourth-order valence-electron chi connectivity index (χ4n) is 3.09. The molecular weight excluding hydrogens is 304 g/mol. The molecule has 0 saturated carbocycles. The molecular formula is C18H22N4O2. The lowest BCUT2D eigenvalue weighted by Gasteiger charge is -2.31. The van der Waals surface area contributed by atoms with Crippen LogP contribution in [-0.2, 0) is 0 Å². The van der Waals surface area contributed by atoms with Crippen LogP contribution in [0.1, 0.15) is 19.8 Å². The van der Waals surface area contributed by atoms with Gasteiger partial charge in [0.2, 0.25) is 0 Å². The van der Waals surface area contributed by atoms with E-state index in [1.165, 1.54) is 0 Å². The zero-order valence-electron chi connectivity index (χ0n) is 13.8. The predicted octanol–water partition coefficient (Wildman–Crippen LogP) is 3.55. The van der Waals surface area contributed by atoms with Crippen LogP contribution < -0.4 is 5.32 Å². The number of benzene rings is 1. The van der Waals surface area contributed by atoms with E-state index >= 15 is 0 Å². The molecule has 0 bridgehead atoms. The Kier molecular flexibility index (Phi) is 5.05. The van der Waals surface area contributed by atoms with E-state index in [0.717, 1.165) is 38.0 Å². The van der Waals surface area contributed by atoms with Crippen LogP contribution in [0.5, 0.6) is 0 Å². The van der Waals surface area contributed by atoms with Crippen molar-refractivity contribution < 1.29 is 4.92 Å². The molecule has 1 aliphatic rings. The third-order valence-corrected chi connectivity index (χ3v) is 4.50. The van der Waals surface area contributed by atoms with Crippen molar-refractivity contribution >= 4 is 11.5 Å². The molecule has 1 N–H and O–H groups in total. The molecule has 6 nitrogen and oxygen atoms in total. The minimum Gasteiger partial charge on any atom is -0.367 e. The zero-order valence-corrected chi connectivity index (χ0v) is 13.8. The topological polar surface area (TPSA) is 71.3 Å². The van der Waals surface area contributed by atoms with E-state index in [9.17, 15) is 10.1 Å². The Morgan fingerprint density at radius 1 is 1.21 bits per heavy atom. The van der Waals surface area contributed by atoms with E-state index < -0.39 is 0 Å². The van der Waals surface area contributed by atoms with Crippen molar-refractivity contribution in [3.8, 4) is 11.3 Å². The van der Waals surface area contributed by atoms with E-state index in [0.29, 0.717) is 17.6 Å². The van der Waals surface area contributed by atoms with Gasteiger partial charge in [0.05, 0.1) is 4.92 Å². The average Bonchev–Trinajstić information content (AvgIpc) is 2.63. The summed E-state index contributed by atoms with van der Waals surface area (Å²) in [6.45, 7) is 5.41. The predicted molar refractivity (Wildman–Crippen MR) is 95.1 cm³/mol. The van der Waals surface area contributed by atoms with Gasteiger partial charge in [-0.05, 0) is 25.5 Å². The van der Waals surface area contributed by atoms with Crippen molar-refractivity contribution in [2.24, 2.45) is 0 Å². The summed E-state index contributed by atoms with van der Waals surface area (Å²) in [6, 6.07) is 12.9. The first kappa shape index (κ1) is 16.4. The summed E-state index contributed by atoms with van der Waals surface area (Å²) in [5.74, 6) is 0.703. The standard InChI is InChI=1S/C18H22N4O2/c1-2-21-12-10-15(11-13-21)19-17-9-8-16(22(23)24)18(20-17)14-6-4-3-5-7-14/h3-9,15H,2,10-13H2,1H3,(H,19,20). The number of aromatic nitrogens is 1. The number of pyridine rings is 1. The number of hydrogen-bond acceptors (Lipinski definition) is 5. The highest BCUT2D eigenvalue weighted by atomic mass is 16.6. The van der Waals surface area contributed by atoms with E-state index in [1.54, 1.807) is 12.1 Å². The SMILES string of the molecule is CCN1CCC(Nc2ccc([N+](=O)[O-])c(-c3ccccc3)n2)CC1. The van der Waals surface area contributed by atoms with Crippen LogP contribution in [0.3, 0.4) is 0 Å². The summed E-state index contributed by atoms with van der Waals surface area (Å²) < 4.78 is 0. The first-order chi connectivity index (χ1) is 11.7. The summed E-state index contributed by atoms with van der Waals surface area (Å²) >= 11 is 0. The number of rotatable bonds is 5. The van der Waals surface area contributed by atoms with Crippen LogP contribution in [0.4, 0.5) is 11.5 Å². The maximum atomic E-state index is 11.3. The van der Waals surface area contributed by atoms with Crippen LogP contribution >= 0.6 is 0 Å². The van der Waals surface area contributed by atoms with E-state index in [2.05, 4.69) is 22.1 Å². The molecule has 2 heterocycles. The molecule has 6 heteroatoms. The lowest BCUT2D eigenvalue weighted by atomic mass is 10.0. The molecule has 1 saturated heterocycles. The highest BCUT2D eigenvalue weighted by molar-refractivity contribution is 5.71. The van der Waals surface area contributed by atoms with Crippen LogP contribution in [0, 0.1) is 10.1 Å². The molecule has 2 aromatic rings. The Morgan fingerprint density at radius 2 is 1.92 bits per heavy atom. The summed E-state index contributed by atoms with van der Waals surface area (Å²) in [4.78, 5) is 17.9. The van der Waals surface area contributed by atoms with E-state index in [4.69, 9.17) is 0 Å². The van der Waals surface area contributed by atoms with Gasteiger partial charge in [-0.2, -0.15) is 0 Å². The van der Waals surface area contributed by atoms with Gasteiger partial charge < -0.3 is 10.2 Å². The molecule has 126 valence electrons. The number of hydrogen-bond donors (Lipinski definition) is 1. The number of nitrogens with zero attached hydrogens (tertiary/aromatic N) is 3. The Labute approximate surface area is 141 Å². The van der Waals surface area contributed by atoms with Gasteiger partial charge in [0.15, 0.2) is 5.69 Å². The largest absolute Gasteiger partial charge is 0.367 e. The summed E-state index contributed by atoms with van der Waals surface area (Å²) in [5.41, 5.74) is 1.21. The van der Waals surface area contributed by atoms with Crippen molar-refractivity contribution in [3.63, 3.8) is 0 Å². The Bertz CT molecular complexity index is 697. The van der Waals surface area contributed by atoms with E-state index in [-0.39, 0.29) is 10.6 Å². The number of anilines is 1. The van der Waals surface area contributed by atoms with Gasteiger partial charge in [0.1, 0.15) is 5.82 Å². The molecule has 1 fully saturated rings. The first-order valence-corrected chi connectivity index (χ1v) is 8.37. The second-order valence-corrected chi connectivity index (χ2v) is 6.04. The van der Waals surface area contributed by atoms with Gasteiger partial charge >= 0.3 is 0 Å². The van der Waals surface area contributed by atoms with Gasteiger partial charge in [-0.25, -0.2) is 4.98 Å². The van der Waals surface area contributed by atoms with Crippen molar-refractivity contribution in [2.75, 3.05) is 25.0 Å². The van der Waals surface area contributed by atoms with Gasteiger partial charge in [-0.3, -0.25) is 10.1 Å². The third kappa shape index (κ3) is 3.71. The summed E-state index contributed by atoms with van der Waals surface area (Å²) in [6.07, 6.45) is 2.13. The lowest BCUT2D eigenvalue weighted by molar-refractivity contribution is -0.384. The molecule has 1 aromatic heterocycles. The first-order valence-electron chi connectivity index (χ1n) is 8.37. The van der Waals surface area contributed by atoms with Crippen molar-refractivity contribution in [1.29, 1.82) is 0 Å². The minimum atomic E-state index is -0.376. The van der Waals surface area contributed by atoms with Crippen LogP contribution in [0.15, 0.2) is 42.5 Å². The maximum absolute atomic E-state index is 11.3. The second-order valence-electron chi connectivity index (χ2n) is 6.04. The highest BCUT2D eigenvalue weighted by Gasteiger charge is 2.21. The summed E-state index contributed by atoms with van der Waals surface area (Å²) in [5, 5.41) is 14.7. The molecule has 0 aliphatic carbocycles. The van der Waals surface area contributed by atoms with Gasteiger partial charge in [0, 0.05) is 30.8 Å². The molecule has 0 spiro atoms. The normalized spacial score (nSPS) is 16.0. The molecule has 0 radical (unpaired) electrons. The van der Waals surface area contributed by atoms with Crippen molar-refractivity contribution in [2.45, 2.75) is 25.8 Å². The number of nitro groups is 1. The highest BCUT2D eigenvalue weighted by Crippen LogP contribution is 2.29. The monoisotopic (exact) mass is 326 g/mol. The van der Waals surface area contributed by atoms with Crippen LogP contribution in [0.25, 0.3) is 11.3 Å². The van der Waals surface area contributed by atoms with Crippen molar-refractivity contribution in [3.05, 3.63) is 52.6 Å². The Hall–Kier alpha value is -2.47. The van der Waals surface area contributed by atoms with Gasteiger partial charge in [0.25, 0.3) is 5.69 Å². The Morgan fingerprint density at radius 3 is 2.54 bits per heavy atom. The van der Waals surface area contributed by atoms with Gasteiger partial charge in [-0.15, -0.1) is 0 Å². The molecule has 0 atom stereocenters. The zero-order chi connectivity index (χ0) is 16.9. The lowest BCUT2D eigenvalue weighted by Crippen LogP contribution is -2.39.